The molecule has 0 heterocycles. The fourth-order valence-electron chi connectivity index (χ4n) is 1.57. The largest absolute Gasteiger partial charge is 0.357 e. The predicted octanol–water partition coefficient (Wildman–Crippen LogP) is 2.46. The second-order valence-electron chi connectivity index (χ2n) is 4.48. The van der Waals surface area contributed by atoms with E-state index in [-0.39, 0.29) is 0 Å². The van der Waals surface area contributed by atoms with Gasteiger partial charge in [0.05, 0.1) is 6.54 Å². The number of aliphatic imine (C=N–C) groups is 1. The Morgan fingerprint density at radius 3 is 2.71 bits per heavy atom. The maximum atomic E-state index is 4.56. The fraction of sp³-hybridized carbons (Fsp3) is 0.500. The van der Waals surface area contributed by atoms with Crippen LogP contribution in [0.4, 0.5) is 0 Å². The van der Waals surface area contributed by atoms with Crippen LogP contribution in [0, 0.1) is 6.92 Å². The Balaban J connectivity index is 2.64. The number of rotatable bonds is 4. The first-order chi connectivity index (χ1) is 8.11. The molecule has 0 fully saturated rings. The molecule has 0 bridgehead atoms. The highest BCUT2D eigenvalue weighted by atomic mass is 15.2. The van der Waals surface area contributed by atoms with Gasteiger partial charge in [-0.3, -0.25) is 0 Å². The van der Waals surface area contributed by atoms with Crippen molar-refractivity contribution in [3.63, 3.8) is 0 Å². The molecule has 3 nitrogen and oxygen atoms in total. The lowest BCUT2D eigenvalue weighted by Crippen LogP contribution is -2.40. The smallest absolute Gasteiger partial charge is 0.191 e. The Bertz CT molecular complexity index is 369. The molecule has 3 heteroatoms. The summed E-state index contributed by atoms with van der Waals surface area (Å²) in [6.07, 6.45) is 0. The van der Waals surface area contributed by atoms with Gasteiger partial charge in [0.2, 0.25) is 0 Å². The molecule has 0 amide bonds. The van der Waals surface area contributed by atoms with Gasteiger partial charge in [-0.05, 0) is 33.3 Å². The maximum absolute atomic E-state index is 4.56. The summed E-state index contributed by atoms with van der Waals surface area (Å²) in [6.45, 7) is 9.99. The fourth-order valence-corrected chi connectivity index (χ4v) is 1.57. The molecule has 1 rings (SSSR count). The highest BCUT2D eigenvalue weighted by molar-refractivity contribution is 5.79. The Morgan fingerprint density at radius 1 is 1.35 bits per heavy atom. The number of nitrogens with zero attached hydrogens (tertiary/aromatic N) is 1. The van der Waals surface area contributed by atoms with Crippen LogP contribution in [0.25, 0.3) is 0 Å². The van der Waals surface area contributed by atoms with Crippen molar-refractivity contribution in [2.24, 2.45) is 4.99 Å². The maximum Gasteiger partial charge on any atom is 0.191 e. The topological polar surface area (TPSA) is 36.4 Å². The number of aryl methyl sites for hydroxylation is 1. The molecule has 0 aliphatic heterocycles. The van der Waals surface area contributed by atoms with Gasteiger partial charge in [0.25, 0.3) is 0 Å². The number of guanidine groups is 1. The summed E-state index contributed by atoms with van der Waals surface area (Å²) >= 11 is 0. The monoisotopic (exact) mass is 233 g/mol. The van der Waals surface area contributed by atoms with E-state index in [1.54, 1.807) is 0 Å². The van der Waals surface area contributed by atoms with Gasteiger partial charge in [-0.25, -0.2) is 4.99 Å². The van der Waals surface area contributed by atoms with Crippen molar-refractivity contribution in [1.29, 1.82) is 0 Å². The highest BCUT2D eigenvalue weighted by Gasteiger charge is 1.99. The number of nitrogens with one attached hydrogen (secondary N) is 2. The average Bonchev–Trinajstić information content (AvgIpc) is 2.26. The predicted molar refractivity (Wildman–Crippen MR) is 74.3 cm³/mol. The molecule has 94 valence electrons. The molecule has 0 unspecified atom stereocenters. The van der Waals surface area contributed by atoms with E-state index in [9.17, 15) is 0 Å². The zero-order valence-corrected chi connectivity index (χ0v) is 11.2. The molecule has 2 N–H and O–H groups in total. The van der Waals surface area contributed by atoms with Gasteiger partial charge in [-0.1, -0.05) is 29.8 Å². The van der Waals surface area contributed by atoms with Crippen LogP contribution in [0.5, 0.6) is 0 Å². The summed E-state index contributed by atoms with van der Waals surface area (Å²) in [7, 11) is 0. The van der Waals surface area contributed by atoms with Crippen molar-refractivity contribution in [2.75, 3.05) is 6.54 Å². The number of benzene rings is 1. The van der Waals surface area contributed by atoms with Crippen molar-refractivity contribution in [3.8, 4) is 0 Å². The lowest BCUT2D eigenvalue weighted by Gasteiger charge is -2.13. The van der Waals surface area contributed by atoms with E-state index in [0.29, 0.717) is 12.6 Å². The van der Waals surface area contributed by atoms with Crippen LogP contribution in [0.2, 0.25) is 0 Å². The van der Waals surface area contributed by atoms with Gasteiger partial charge in [-0.2, -0.15) is 0 Å². The first-order valence-electron chi connectivity index (χ1n) is 6.22. The number of hydrogen-bond acceptors (Lipinski definition) is 1. The molecular weight excluding hydrogens is 210 g/mol. The molecule has 0 aromatic heterocycles. The van der Waals surface area contributed by atoms with Crippen molar-refractivity contribution in [1.82, 2.24) is 10.6 Å². The van der Waals surface area contributed by atoms with Crippen molar-refractivity contribution in [2.45, 2.75) is 40.3 Å². The average molecular weight is 233 g/mol. The minimum atomic E-state index is 0.394. The highest BCUT2D eigenvalue weighted by Crippen LogP contribution is 2.04. The van der Waals surface area contributed by atoms with Crippen LogP contribution in [-0.4, -0.2) is 18.5 Å². The molecule has 0 aliphatic rings. The van der Waals surface area contributed by atoms with E-state index in [1.165, 1.54) is 11.1 Å². The van der Waals surface area contributed by atoms with Crippen molar-refractivity contribution < 1.29 is 0 Å². The van der Waals surface area contributed by atoms with E-state index in [0.717, 1.165) is 12.5 Å². The first-order valence-corrected chi connectivity index (χ1v) is 6.22. The minimum Gasteiger partial charge on any atom is -0.357 e. The number of hydrogen-bond donors (Lipinski definition) is 2. The lowest BCUT2D eigenvalue weighted by molar-refractivity contribution is 0.700. The standard InChI is InChI=1S/C14H23N3/c1-5-15-14(17-11(2)3)16-10-13-8-6-7-12(4)9-13/h6-9,11H,5,10H2,1-4H3,(H2,15,16,17). The van der Waals surface area contributed by atoms with E-state index >= 15 is 0 Å². The zero-order chi connectivity index (χ0) is 12.7. The molecule has 17 heavy (non-hydrogen) atoms. The summed E-state index contributed by atoms with van der Waals surface area (Å²) in [6, 6.07) is 8.84. The Kier molecular flexibility index (Phi) is 5.53. The third kappa shape index (κ3) is 5.38. The van der Waals surface area contributed by atoms with Crippen LogP contribution in [0.3, 0.4) is 0 Å². The van der Waals surface area contributed by atoms with Gasteiger partial charge in [0.15, 0.2) is 5.96 Å². The first kappa shape index (κ1) is 13.6. The van der Waals surface area contributed by atoms with Gasteiger partial charge < -0.3 is 10.6 Å². The molecule has 0 saturated heterocycles. The van der Waals surface area contributed by atoms with Crippen LogP contribution in [0.1, 0.15) is 31.9 Å². The third-order valence-electron chi connectivity index (χ3n) is 2.27. The summed E-state index contributed by atoms with van der Waals surface area (Å²) < 4.78 is 0. The van der Waals surface area contributed by atoms with Crippen LogP contribution >= 0.6 is 0 Å². The van der Waals surface area contributed by atoms with Crippen LogP contribution < -0.4 is 10.6 Å². The Labute approximate surface area is 104 Å². The van der Waals surface area contributed by atoms with E-state index in [1.807, 2.05) is 0 Å². The van der Waals surface area contributed by atoms with Crippen molar-refractivity contribution in [3.05, 3.63) is 35.4 Å². The van der Waals surface area contributed by atoms with E-state index in [2.05, 4.69) is 67.6 Å². The molecular formula is C14H23N3. The Morgan fingerprint density at radius 2 is 2.12 bits per heavy atom. The third-order valence-corrected chi connectivity index (χ3v) is 2.27. The second kappa shape index (κ2) is 6.94. The van der Waals surface area contributed by atoms with E-state index in [4.69, 9.17) is 0 Å². The second-order valence-corrected chi connectivity index (χ2v) is 4.48. The molecule has 1 aromatic rings. The SMILES string of the molecule is CCNC(=NCc1cccc(C)c1)NC(C)C. The van der Waals surface area contributed by atoms with Crippen LogP contribution in [0.15, 0.2) is 29.3 Å². The molecule has 0 aliphatic carbocycles. The Hall–Kier alpha value is -1.51. The normalized spacial score (nSPS) is 11.7. The quantitative estimate of drug-likeness (QED) is 0.619. The van der Waals surface area contributed by atoms with Gasteiger partial charge in [-0.15, -0.1) is 0 Å². The summed E-state index contributed by atoms with van der Waals surface area (Å²) in [4.78, 5) is 4.56. The van der Waals surface area contributed by atoms with Gasteiger partial charge >= 0.3 is 0 Å². The summed E-state index contributed by atoms with van der Waals surface area (Å²) in [5, 5.41) is 6.54. The van der Waals surface area contributed by atoms with Crippen molar-refractivity contribution >= 4 is 5.96 Å². The van der Waals surface area contributed by atoms with Crippen LogP contribution in [-0.2, 0) is 6.54 Å². The molecule has 0 atom stereocenters. The van der Waals surface area contributed by atoms with E-state index < -0.39 is 0 Å². The minimum absolute atomic E-state index is 0.394. The summed E-state index contributed by atoms with van der Waals surface area (Å²) in [5.74, 6) is 0.879. The molecule has 0 spiro atoms. The molecule has 0 radical (unpaired) electrons. The molecule has 0 saturated carbocycles. The molecule has 1 aromatic carbocycles. The lowest BCUT2D eigenvalue weighted by atomic mass is 10.1. The zero-order valence-electron chi connectivity index (χ0n) is 11.2. The van der Waals surface area contributed by atoms with Gasteiger partial charge in [0, 0.05) is 12.6 Å². The van der Waals surface area contributed by atoms with Gasteiger partial charge in [0.1, 0.15) is 0 Å². The summed E-state index contributed by atoms with van der Waals surface area (Å²) in [5.41, 5.74) is 2.52.